The van der Waals surface area contributed by atoms with Crippen LogP contribution in [0.3, 0.4) is 0 Å². The summed E-state index contributed by atoms with van der Waals surface area (Å²) in [4.78, 5) is 8.82. The van der Waals surface area contributed by atoms with Gasteiger partial charge in [0, 0.05) is 37.4 Å². The summed E-state index contributed by atoms with van der Waals surface area (Å²) in [6.07, 6.45) is 7.44. The minimum atomic E-state index is -0.644. The minimum Gasteiger partial charge on any atom is -0.392 e. The van der Waals surface area contributed by atoms with Crippen molar-refractivity contribution in [3.8, 4) is 0 Å². The first kappa shape index (κ1) is 20.4. The maximum atomic E-state index is 14.7. The van der Waals surface area contributed by atoms with Gasteiger partial charge in [0.05, 0.1) is 28.2 Å². The highest BCUT2D eigenvalue weighted by Gasteiger charge is 2.35. The Morgan fingerprint density at radius 2 is 2.00 bits per heavy atom. The monoisotopic (exact) mass is 444 g/mol. The predicted octanol–water partition coefficient (Wildman–Crippen LogP) is 3.66. The first-order valence-electron chi connectivity index (χ1n) is 10.7. The van der Waals surface area contributed by atoms with Gasteiger partial charge in [-0.15, -0.1) is 0 Å². The third-order valence-electron chi connectivity index (χ3n) is 6.09. The molecule has 0 radical (unpaired) electrons. The Bertz CT molecular complexity index is 1010. The molecular formula is C22H26F2N6S. The van der Waals surface area contributed by atoms with Crippen LogP contribution in [0.1, 0.15) is 35.8 Å². The van der Waals surface area contributed by atoms with Crippen molar-refractivity contribution in [2.45, 2.75) is 37.1 Å². The third kappa shape index (κ3) is 3.70. The van der Waals surface area contributed by atoms with Gasteiger partial charge in [-0.05, 0) is 37.8 Å². The zero-order valence-electron chi connectivity index (χ0n) is 17.2. The highest BCUT2D eigenvalue weighted by Crippen LogP contribution is 2.50. The number of hydrogen-bond donors (Lipinski definition) is 3. The normalized spacial score (nSPS) is 23.4. The summed E-state index contributed by atoms with van der Waals surface area (Å²) >= 11 is 1.24. The smallest absolute Gasteiger partial charge is 0.132 e. The lowest BCUT2D eigenvalue weighted by molar-refractivity contribution is 0.504. The lowest BCUT2D eigenvalue weighted by Crippen LogP contribution is -2.44. The van der Waals surface area contributed by atoms with Crippen molar-refractivity contribution in [2.75, 3.05) is 34.8 Å². The molecule has 2 atom stereocenters. The molecule has 9 heteroatoms. The van der Waals surface area contributed by atoms with Crippen LogP contribution in [-0.4, -0.2) is 30.7 Å². The standard InChI is InChI=1S/C22H26F2N6S/c23-15-6-1-7-16(24)19(15)22-30(12-18(26)31-22)17-10-28-21-14(5-2-8-27-21)20(17)29-9-3-4-13(25)11-29/h1,6-7,10,12-13,22H,2-5,8-9,11,25-26H2,(H,27,28). The predicted molar refractivity (Wildman–Crippen MR) is 122 cm³/mol. The van der Waals surface area contributed by atoms with Crippen LogP contribution >= 0.6 is 11.8 Å². The number of pyridine rings is 1. The molecule has 1 aromatic heterocycles. The summed E-state index contributed by atoms with van der Waals surface area (Å²) in [6.45, 7) is 2.51. The number of anilines is 3. The molecule has 1 saturated heterocycles. The van der Waals surface area contributed by atoms with Crippen LogP contribution in [0.2, 0.25) is 0 Å². The minimum absolute atomic E-state index is 0.00124. The van der Waals surface area contributed by atoms with Crippen LogP contribution in [0.25, 0.3) is 0 Å². The summed E-state index contributed by atoms with van der Waals surface area (Å²) in [7, 11) is 0. The molecule has 5 N–H and O–H groups in total. The van der Waals surface area contributed by atoms with Gasteiger partial charge in [0.25, 0.3) is 0 Å². The van der Waals surface area contributed by atoms with Gasteiger partial charge in [0.15, 0.2) is 0 Å². The van der Waals surface area contributed by atoms with E-state index in [1.165, 1.54) is 30.0 Å². The van der Waals surface area contributed by atoms with E-state index in [-0.39, 0.29) is 11.6 Å². The Morgan fingerprint density at radius 3 is 2.77 bits per heavy atom. The Hall–Kier alpha value is -2.52. The number of aromatic nitrogens is 1. The van der Waals surface area contributed by atoms with E-state index < -0.39 is 17.0 Å². The van der Waals surface area contributed by atoms with E-state index in [9.17, 15) is 8.78 Å². The maximum absolute atomic E-state index is 14.7. The van der Waals surface area contributed by atoms with Gasteiger partial charge in [-0.2, -0.15) is 0 Å². The van der Waals surface area contributed by atoms with E-state index >= 15 is 0 Å². The van der Waals surface area contributed by atoms with Crippen molar-refractivity contribution in [1.29, 1.82) is 0 Å². The number of piperidine rings is 1. The molecule has 3 aliphatic heterocycles. The molecule has 4 heterocycles. The summed E-state index contributed by atoms with van der Waals surface area (Å²) in [6, 6.07) is 4.04. The second-order valence-electron chi connectivity index (χ2n) is 8.24. The number of nitrogens with zero attached hydrogens (tertiary/aromatic N) is 3. The van der Waals surface area contributed by atoms with Crippen LogP contribution in [0.5, 0.6) is 0 Å². The largest absolute Gasteiger partial charge is 0.392 e. The molecule has 6 nitrogen and oxygen atoms in total. The molecule has 0 spiro atoms. The van der Waals surface area contributed by atoms with Crippen LogP contribution in [0, 0.1) is 11.6 Å². The van der Waals surface area contributed by atoms with Gasteiger partial charge >= 0.3 is 0 Å². The number of rotatable bonds is 3. The topological polar surface area (TPSA) is 83.4 Å². The zero-order valence-corrected chi connectivity index (χ0v) is 18.0. The number of nitrogens with one attached hydrogen (secondary N) is 1. The molecule has 2 aromatic rings. The fourth-order valence-electron chi connectivity index (χ4n) is 4.71. The molecule has 1 aromatic carbocycles. The summed E-state index contributed by atoms with van der Waals surface area (Å²) in [5.41, 5.74) is 15.4. The van der Waals surface area contributed by atoms with E-state index in [4.69, 9.17) is 11.5 Å². The van der Waals surface area contributed by atoms with Crippen molar-refractivity contribution in [3.05, 3.63) is 58.4 Å². The molecule has 0 saturated carbocycles. The fourth-order valence-corrected chi connectivity index (χ4v) is 5.77. The Balaban J connectivity index is 1.65. The van der Waals surface area contributed by atoms with Crippen molar-refractivity contribution in [2.24, 2.45) is 11.5 Å². The van der Waals surface area contributed by atoms with Gasteiger partial charge < -0.3 is 26.6 Å². The van der Waals surface area contributed by atoms with E-state index in [0.717, 1.165) is 68.1 Å². The molecular weight excluding hydrogens is 418 g/mol. The number of fused-ring (bicyclic) bond motifs is 1. The molecule has 2 unspecified atom stereocenters. The number of halogens is 2. The molecule has 5 rings (SSSR count). The van der Waals surface area contributed by atoms with Gasteiger partial charge in [0.2, 0.25) is 0 Å². The van der Waals surface area contributed by atoms with Gasteiger partial charge in [-0.25, -0.2) is 13.8 Å². The van der Waals surface area contributed by atoms with E-state index in [1.54, 1.807) is 12.4 Å². The maximum Gasteiger partial charge on any atom is 0.132 e. The summed E-state index contributed by atoms with van der Waals surface area (Å²) in [5, 5.41) is 3.25. The Labute approximate surface area is 184 Å². The molecule has 0 amide bonds. The SMILES string of the molecule is NC1=CN(c2cnc3c(c2N2CCCC(N)C2)CCCN3)C(c2c(F)cccc2F)S1. The lowest BCUT2D eigenvalue weighted by Gasteiger charge is -2.38. The van der Waals surface area contributed by atoms with Crippen molar-refractivity contribution < 1.29 is 8.78 Å². The van der Waals surface area contributed by atoms with Gasteiger partial charge in [0.1, 0.15) is 22.8 Å². The molecule has 31 heavy (non-hydrogen) atoms. The van der Waals surface area contributed by atoms with Crippen molar-refractivity contribution in [3.63, 3.8) is 0 Å². The average Bonchev–Trinajstić information content (AvgIpc) is 3.13. The Kier molecular flexibility index (Phi) is 5.39. The second-order valence-corrected chi connectivity index (χ2v) is 9.40. The molecule has 0 aliphatic carbocycles. The van der Waals surface area contributed by atoms with Crippen molar-refractivity contribution in [1.82, 2.24) is 4.98 Å². The van der Waals surface area contributed by atoms with E-state index in [2.05, 4.69) is 15.2 Å². The highest BCUT2D eigenvalue weighted by atomic mass is 32.2. The van der Waals surface area contributed by atoms with Crippen LogP contribution in [0.15, 0.2) is 35.6 Å². The fraction of sp³-hybridized carbons (Fsp3) is 0.409. The van der Waals surface area contributed by atoms with Gasteiger partial charge in [-0.1, -0.05) is 17.8 Å². The number of benzene rings is 1. The lowest BCUT2D eigenvalue weighted by atomic mass is 9.99. The molecule has 164 valence electrons. The summed E-state index contributed by atoms with van der Waals surface area (Å²) in [5.74, 6) is -0.291. The van der Waals surface area contributed by atoms with Crippen molar-refractivity contribution >= 4 is 29.0 Å². The summed E-state index contributed by atoms with van der Waals surface area (Å²) < 4.78 is 29.4. The molecule has 3 aliphatic rings. The third-order valence-corrected chi connectivity index (χ3v) is 7.16. The Morgan fingerprint density at radius 1 is 1.19 bits per heavy atom. The van der Waals surface area contributed by atoms with Crippen LogP contribution in [0.4, 0.5) is 26.0 Å². The van der Waals surface area contributed by atoms with Crippen LogP contribution in [-0.2, 0) is 6.42 Å². The number of hydrogen-bond acceptors (Lipinski definition) is 7. The first-order valence-corrected chi connectivity index (χ1v) is 11.5. The van der Waals surface area contributed by atoms with Gasteiger partial charge in [-0.3, -0.25) is 0 Å². The quantitative estimate of drug-likeness (QED) is 0.666. The van der Waals surface area contributed by atoms with E-state index in [1.807, 2.05) is 4.90 Å². The average molecular weight is 445 g/mol. The number of thioether (sulfide) groups is 1. The van der Waals surface area contributed by atoms with E-state index in [0.29, 0.717) is 5.03 Å². The molecule has 0 bridgehead atoms. The zero-order chi connectivity index (χ0) is 21.5. The number of nitrogens with two attached hydrogens (primary N) is 2. The van der Waals surface area contributed by atoms with Crippen LogP contribution < -0.4 is 26.6 Å². The molecule has 1 fully saturated rings. The first-order chi connectivity index (χ1) is 15.0. The highest BCUT2D eigenvalue weighted by molar-refractivity contribution is 8.03. The second kappa shape index (κ2) is 8.20.